The third-order valence-corrected chi connectivity index (χ3v) is 9.85. The first-order chi connectivity index (χ1) is 29.0. The van der Waals surface area contributed by atoms with Crippen LogP contribution >= 0.6 is 0 Å². The molecule has 324 valence electrons. The van der Waals surface area contributed by atoms with Gasteiger partial charge >= 0.3 is 6.09 Å². The van der Waals surface area contributed by atoms with Crippen LogP contribution in [0.2, 0.25) is 0 Å². The summed E-state index contributed by atoms with van der Waals surface area (Å²) in [7, 11) is 6.55. The monoisotopic (exact) mass is 824 g/mol. The highest BCUT2D eigenvalue weighted by atomic mass is 16.5. The number of ether oxygens (including phenoxy) is 2. The molecule has 1 aliphatic heterocycles. The molecule has 0 spiro atoms. The Hall–Kier alpha value is -5.78. The van der Waals surface area contributed by atoms with Crippen LogP contribution in [0.1, 0.15) is 99.9 Å². The summed E-state index contributed by atoms with van der Waals surface area (Å²) in [6, 6.07) is 15.1. The van der Waals surface area contributed by atoms with E-state index in [1.165, 1.54) is 50.3 Å². The first kappa shape index (κ1) is 48.6. The molecule has 4 aromatic rings. The number of H-pyrrole nitrogens is 2. The van der Waals surface area contributed by atoms with Gasteiger partial charge in [-0.3, -0.25) is 14.5 Å². The predicted molar refractivity (Wildman–Crippen MR) is 235 cm³/mol. The second-order valence-electron chi connectivity index (χ2n) is 14.9. The number of aldehydes is 1. The van der Waals surface area contributed by atoms with Crippen LogP contribution in [0.15, 0.2) is 48.7 Å². The summed E-state index contributed by atoms with van der Waals surface area (Å²) in [5.41, 5.74) is 8.90. The highest BCUT2D eigenvalue weighted by Gasteiger charge is 2.28. The summed E-state index contributed by atoms with van der Waals surface area (Å²) in [4.78, 5) is 60.8. The number of hydrogen-bond donors (Lipinski definition) is 5. The zero-order valence-electron chi connectivity index (χ0n) is 36.6. The molecular formula is C46H64N8O6. The number of unbranched alkanes of at least 4 members (excludes halogenated alkanes) is 1. The number of carbonyl (C=O) groups excluding carboxylic acids is 4. The van der Waals surface area contributed by atoms with E-state index in [4.69, 9.17) is 9.78 Å². The van der Waals surface area contributed by atoms with E-state index in [0.717, 1.165) is 84.7 Å². The molecule has 0 radical (unpaired) electrons. The van der Waals surface area contributed by atoms with Gasteiger partial charge in [0, 0.05) is 35.3 Å². The molecule has 0 saturated carbocycles. The van der Waals surface area contributed by atoms with Gasteiger partial charge in [-0.2, -0.15) is 0 Å². The SMILES string of the molecule is CCC.CNC(C=O)C(C)C.COC(=O)NCC(=O)NCCCCc1ncc(-c2ccc(C#Cc3ccc4c(c3)CCc3[nH]c(C5CCCN5C)nc3-4)cc2)[nH]1.COC=O. The number of aromatic nitrogens is 4. The van der Waals surface area contributed by atoms with Gasteiger partial charge in [0.15, 0.2) is 0 Å². The Labute approximate surface area is 355 Å². The molecule has 2 aliphatic rings. The Kier molecular flexibility index (Phi) is 21.3. The Bertz CT molecular complexity index is 1990. The number of nitrogens with one attached hydrogen (secondary N) is 5. The summed E-state index contributed by atoms with van der Waals surface area (Å²) >= 11 is 0. The summed E-state index contributed by atoms with van der Waals surface area (Å²) in [5.74, 6) is 8.85. The Morgan fingerprint density at radius 3 is 2.30 bits per heavy atom. The van der Waals surface area contributed by atoms with E-state index >= 15 is 0 Å². The average Bonchev–Trinajstić information content (AvgIpc) is 4.03. The summed E-state index contributed by atoms with van der Waals surface area (Å²) in [6.45, 7) is 10.2. The fourth-order valence-electron chi connectivity index (χ4n) is 6.62. The number of fused-ring (bicyclic) bond motifs is 3. The number of methoxy groups -OCH3 is 2. The molecule has 2 aromatic heterocycles. The van der Waals surface area contributed by atoms with Gasteiger partial charge in [-0.25, -0.2) is 14.8 Å². The summed E-state index contributed by atoms with van der Waals surface area (Å²) in [6.07, 6.45) is 10.2. The zero-order valence-corrected chi connectivity index (χ0v) is 36.6. The lowest BCUT2D eigenvalue weighted by Gasteiger charge is -2.16. The third kappa shape index (κ3) is 15.4. The van der Waals surface area contributed by atoms with Gasteiger partial charge in [-0.05, 0) is 100 Å². The first-order valence-corrected chi connectivity index (χ1v) is 20.8. The number of likely N-dealkylation sites (tertiary alicyclic amines) is 1. The molecule has 6 rings (SSSR count). The molecule has 60 heavy (non-hydrogen) atoms. The highest BCUT2D eigenvalue weighted by Crippen LogP contribution is 2.36. The number of hydrogen-bond acceptors (Lipinski definition) is 10. The van der Waals surface area contributed by atoms with Crippen LogP contribution in [0.25, 0.3) is 22.5 Å². The lowest BCUT2D eigenvalue weighted by atomic mass is 9.91. The minimum absolute atomic E-state index is 0.0231. The van der Waals surface area contributed by atoms with Crippen LogP contribution in [0.4, 0.5) is 4.79 Å². The number of carbonyl (C=O) groups is 4. The van der Waals surface area contributed by atoms with Crippen molar-refractivity contribution in [1.82, 2.24) is 40.8 Å². The summed E-state index contributed by atoms with van der Waals surface area (Å²) < 4.78 is 8.31. The fraction of sp³-hybridized carbons (Fsp3) is 0.478. The molecule has 14 nitrogen and oxygen atoms in total. The van der Waals surface area contributed by atoms with E-state index < -0.39 is 6.09 Å². The Morgan fingerprint density at radius 2 is 1.70 bits per heavy atom. The lowest BCUT2D eigenvalue weighted by Crippen LogP contribution is -2.37. The van der Waals surface area contributed by atoms with Crippen molar-refractivity contribution in [3.05, 3.63) is 82.7 Å². The maximum atomic E-state index is 11.7. The summed E-state index contributed by atoms with van der Waals surface area (Å²) in [5, 5.41) is 8.02. The molecule has 2 unspecified atom stereocenters. The largest absolute Gasteiger partial charge is 0.471 e. The molecule has 2 aromatic carbocycles. The molecule has 1 fully saturated rings. The van der Waals surface area contributed by atoms with Crippen molar-refractivity contribution >= 4 is 24.8 Å². The van der Waals surface area contributed by atoms with Crippen LogP contribution in [0, 0.1) is 17.8 Å². The van der Waals surface area contributed by atoms with E-state index in [9.17, 15) is 14.4 Å². The molecule has 3 heterocycles. The molecule has 1 aliphatic carbocycles. The smallest absolute Gasteiger partial charge is 0.407 e. The Morgan fingerprint density at radius 1 is 1.00 bits per heavy atom. The number of aryl methyl sites for hydroxylation is 3. The number of likely N-dealkylation sites (N-methyl/N-ethyl adjacent to an activating group) is 1. The first-order valence-electron chi connectivity index (χ1n) is 20.8. The number of aromatic amines is 2. The van der Waals surface area contributed by atoms with Crippen LogP contribution in [0.3, 0.4) is 0 Å². The molecule has 2 amide bonds. The van der Waals surface area contributed by atoms with Gasteiger partial charge in [0.25, 0.3) is 6.47 Å². The average molecular weight is 825 g/mol. The third-order valence-electron chi connectivity index (χ3n) is 9.85. The van der Waals surface area contributed by atoms with Crippen molar-refractivity contribution < 1.29 is 28.7 Å². The minimum atomic E-state index is -0.623. The van der Waals surface area contributed by atoms with Gasteiger partial charge in [0.05, 0.1) is 50.4 Å². The maximum Gasteiger partial charge on any atom is 0.407 e. The molecule has 0 bridgehead atoms. The van der Waals surface area contributed by atoms with Gasteiger partial charge < -0.3 is 40.2 Å². The zero-order chi connectivity index (χ0) is 43.9. The molecule has 1 saturated heterocycles. The predicted octanol–water partition coefficient (Wildman–Crippen LogP) is 6.16. The van der Waals surface area contributed by atoms with Gasteiger partial charge in [0.2, 0.25) is 5.91 Å². The standard InChI is InChI=1S/C35H39N7O3.C6H13NO.C3H8.C2H4O2/c1-42-19-5-6-30(42)34-40-28-17-15-26-20-24(12-16-27(26)33(28)41-34)9-8-23-10-13-25(14-11-23)29-21-37-31(39-29)7-3-4-18-36-32(43)22-38-35(44)45-2;1-5(2)6(4-8)7-3;1-3-2;1-4-2-3/h10-14,16,20-21,30H,3-7,15,17-19,22H2,1-2H3,(H,36,43)(H,37,39)(H,38,44)(H,40,41);4-7H,1-3H3;3H2,1-2H3;2H,1H3. The number of amides is 2. The van der Waals surface area contributed by atoms with Gasteiger partial charge in [-0.15, -0.1) is 0 Å². The molecule has 2 atom stereocenters. The van der Waals surface area contributed by atoms with Crippen molar-refractivity contribution in [3.63, 3.8) is 0 Å². The quantitative estimate of drug-likeness (QED) is 0.0595. The lowest BCUT2D eigenvalue weighted by molar-refractivity contribution is -0.126. The number of imidazole rings is 2. The minimum Gasteiger partial charge on any atom is -0.471 e. The van der Waals surface area contributed by atoms with Crippen molar-refractivity contribution in [2.75, 3.05) is 47.9 Å². The molecular weight excluding hydrogens is 761 g/mol. The van der Waals surface area contributed by atoms with Crippen LogP contribution in [-0.2, 0) is 43.1 Å². The Balaban J connectivity index is 0.000000551. The molecule has 5 N–H and O–H groups in total. The van der Waals surface area contributed by atoms with Crippen molar-refractivity contribution in [1.29, 1.82) is 0 Å². The van der Waals surface area contributed by atoms with Gasteiger partial charge in [0.1, 0.15) is 17.9 Å². The number of rotatable bonds is 13. The maximum absolute atomic E-state index is 11.7. The topological polar surface area (TPSA) is 183 Å². The van der Waals surface area contributed by atoms with E-state index in [2.05, 4.69) is 108 Å². The van der Waals surface area contributed by atoms with E-state index in [1.807, 2.05) is 32.2 Å². The van der Waals surface area contributed by atoms with E-state index in [1.54, 1.807) is 7.05 Å². The molecule has 14 heteroatoms. The van der Waals surface area contributed by atoms with E-state index in [0.29, 0.717) is 25.0 Å². The van der Waals surface area contributed by atoms with E-state index in [-0.39, 0.29) is 18.5 Å². The van der Waals surface area contributed by atoms with Gasteiger partial charge in [-0.1, -0.05) is 64.2 Å². The van der Waals surface area contributed by atoms with Crippen LogP contribution in [-0.4, -0.2) is 104 Å². The second-order valence-corrected chi connectivity index (χ2v) is 14.9. The normalized spacial score (nSPS) is 14.1. The fourth-order valence-corrected chi connectivity index (χ4v) is 6.62. The van der Waals surface area contributed by atoms with Crippen molar-refractivity contribution in [2.45, 2.75) is 91.1 Å². The van der Waals surface area contributed by atoms with Crippen molar-refractivity contribution in [2.24, 2.45) is 5.92 Å². The highest BCUT2D eigenvalue weighted by molar-refractivity contribution is 5.82. The number of nitrogens with zero attached hydrogens (tertiary/aromatic N) is 3. The number of alkyl carbamates (subject to hydrolysis) is 1. The number of benzene rings is 2. The second kappa shape index (κ2) is 26.3. The van der Waals surface area contributed by atoms with Crippen LogP contribution < -0.4 is 16.0 Å². The van der Waals surface area contributed by atoms with Crippen molar-refractivity contribution in [3.8, 4) is 34.4 Å². The van der Waals surface area contributed by atoms with Crippen LogP contribution in [0.5, 0.6) is 0 Å².